The second-order valence-electron chi connectivity index (χ2n) is 5.72. The summed E-state index contributed by atoms with van der Waals surface area (Å²) >= 11 is 0. The molecule has 6 nitrogen and oxygen atoms in total. The van der Waals surface area contributed by atoms with Crippen LogP contribution in [-0.4, -0.2) is 28.8 Å². The molecule has 0 spiro atoms. The van der Waals surface area contributed by atoms with Gasteiger partial charge < -0.3 is 14.6 Å². The molecule has 2 rings (SSSR count). The van der Waals surface area contributed by atoms with Crippen LogP contribution in [0.4, 0.5) is 5.69 Å². The van der Waals surface area contributed by atoms with Gasteiger partial charge in [-0.1, -0.05) is 12.1 Å². The fourth-order valence-electron chi connectivity index (χ4n) is 2.22. The third-order valence-corrected chi connectivity index (χ3v) is 3.62. The van der Waals surface area contributed by atoms with Crippen molar-refractivity contribution in [3.63, 3.8) is 0 Å². The molecule has 0 saturated carbocycles. The van der Waals surface area contributed by atoms with E-state index in [1.165, 1.54) is 17.6 Å². The van der Waals surface area contributed by atoms with Crippen molar-refractivity contribution in [3.05, 3.63) is 52.8 Å². The molecule has 0 aliphatic heterocycles. The summed E-state index contributed by atoms with van der Waals surface area (Å²) in [5, 5.41) is 2.72. The van der Waals surface area contributed by atoms with Crippen LogP contribution in [0.3, 0.4) is 0 Å². The van der Waals surface area contributed by atoms with Crippen molar-refractivity contribution in [2.75, 3.05) is 11.9 Å². The smallest absolute Gasteiger partial charge is 0.355 e. The number of hydrogen-bond acceptors (Lipinski definition) is 4. The number of esters is 1. The van der Waals surface area contributed by atoms with Crippen LogP contribution in [0.2, 0.25) is 0 Å². The highest BCUT2D eigenvalue weighted by Crippen LogP contribution is 2.16. The zero-order valence-corrected chi connectivity index (χ0v) is 14.2. The number of aryl methyl sites for hydroxylation is 3. The van der Waals surface area contributed by atoms with Crippen LogP contribution in [0.15, 0.2) is 30.5 Å². The maximum absolute atomic E-state index is 12.0. The summed E-state index contributed by atoms with van der Waals surface area (Å²) in [6.07, 6.45) is 1.55. The van der Waals surface area contributed by atoms with E-state index in [1.54, 1.807) is 13.2 Å². The van der Waals surface area contributed by atoms with E-state index >= 15 is 0 Å². The van der Waals surface area contributed by atoms with Gasteiger partial charge in [0.2, 0.25) is 0 Å². The number of nitrogens with one attached hydrogen (secondary N) is 1. The molecule has 0 atom stereocenters. The Kier molecular flexibility index (Phi) is 5.18. The number of benzene rings is 1. The van der Waals surface area contributed by atoms with E-state index in [2.05, 4.69) is 5.32 Å². The lowest BCUT2D eigenvalue weighted by atomic mass is 10.1. The van der Waals surface area contributed by atoms with Crippen molar-refractivity contribution >= 4 is 23.3 Å². The molecule has 0 radical (unpaired) electrons. The zero-order valence-electron chi connectivity index (χ0n) is 14.2. The van der Waals surface area contributed by atoms with Crippen molar-refractivity contribution in [2.45, 2.75) is 20.8 Å². The maximum atomic E-state index is 12.0. The van der Waals surface area contributed by atoms with Crippen LogP contribution < -0.4 is 5.32 Å². The van der Waals surface area contributed by atoms with Gasteiger partial charge in [-0.15, -0.1) is 0 Å². The van der Waals surface area contributed by atoms with Crippen LogP contribution in [0, 0.1) is 13.8 Å². The third-order valence-electron chi connectivity index (χ3n) is 3.62. The normalized spacial score (nSPS) is 10.3. The Labute approximate surface area is 140 Å². The summed E-state index contributed by atoms with van der Waals surface area (Å²) in [5.74, 6) is -1.21. The minimum atomic E-state index is -0.652. The van der Waals surface area contributed by atoms with Crippen LogP contribution in [0.5, 0.6) is 0 Å². The van der Waals surface area contributed by atoms with Crippen molar-refractivity contribution < 1.29 is 19.1 Å². The SMILES string of the molecule is CC(=O)c1cc(C(=O)OCC(=O)Nc2cc(C)ccc2C)n(C)c1. The minimum absolute atomic E-state index is 0.141. The number of amides is 1. The number of aromatic nitrogens is 1. The Hall–Kier alpha value is -2.89. The molecule has 1 heterocycles. The third kappa shape index (κ3) is 4.10. The van der Waals surface area contributed by atoms with E-state index in [4.69, 9.17) is 4.74 Å². The van der Waals surface area contributed by atoms with E-state index in [-0.39, 0.29) is 11.5 Å². The van der Waals surface area contributed by atoms with Crippen LogP contribution >= 0.6 is 0 Å². The number of carbonyl (C=O) groups is 3. The first kappa shape index (κ1) is 17.5. The zero-order chi connectivity index (χ0) is 17.9. The summed E-state index contributed by atoms with van der Waals surface area (Å²) in [7, 11) is 1.64. The quantitative estimate of drug-likeness (QED) is 0.676. The summed E-state index contributed by atoms with van der Waals surface area (Å²) in [5.41, 5.74) is 3.28. The Balaban J connectivity index is 1.97. The number of rotatable bonds is 5. The standard InChI is InChI=1S/C18H20N2O4/c1-11-5-6-12(2)15(7-11)19-17(22)10-24-18(23)16-8-14(13(3)21)9-20(16)4/h5-9H,10H2,1-4H3,(H,19,22). The number of Topliss-reactive ketones (excluding diaryl/α,β-unsaturated/α-hetero) is 1. The highest BCUT2D eigenvalue weighted by Gasteiger charge is 2.16. The largest absolute Gasteiger partial charge is 0.451 e. The molecule has 1 aromatic carbocycles. The van der Waals surface area contributed by atoms with E-state index in [9.17, 15) is 14.4 Å². The molecule has 6 heteroatoms. The van der Waals surface area contributed by atoms with Gasteiger partial charge in [-0.25, -0.2) is 4.79 Å². The molecule has 24 heavy (non-hydrogen) atoms. The van der Waals surface area contributed by atoms with Gasteiger partial charge >= 0.3 is 5.97 Å². The molecule has 1 amide bonds. The van der Waals surface area contributed by atoms with Gasteiger partial charge in [-0.3, -0.25) is 9.59 Å². The van der Waals surface area contributed by atoms with E-state index < -0.39 is 18.5 Å². The lowest BCUT2D eigenvalue weighted by molar-refractivity contribution is -0.119. The van der Waals surface area contributed by atoms with Gasteiger partial charge in [-0.05, 0) is 44.0 Å². The van der Waals surface area contributed by atoms with Crippen LogP contribution in [0.25, 0.3) is 0 Å². The van der Waals surface area contributed by atoms with Gasteiger partial charge in [0.25, 0.3) is 5.91 Å². The van der Waals surface area contributed by atoms with Crippen LogP contribution in [0.1, 0.15) is 38.9 Å². The molecule has 1 N–H and O–H groups in total. The van der Waals surface area contributed by atoms with Gasteiger partial charge in [0, 0.05) is 24.5 Å². The van der Waals surface area contributed by atoms with E-state index in [0.29, 0.717) is 11.3 Å². The Morgan fingerprint density at radius 3 is 2.50 bits per heavy atom. The summed E-state index contributed by atoms with van der Waals surface area (Å²) in [4.78, 5) is 35.3. The molecule has 1 aromatic heterocycles. The van der Waals surface area contributed by atoms with Crippen molar-refractivity contribution in [3.8, 4) is 0 Å². The number of hydrogen-bond donors (Lipinski definition) is 1. The summed E-state index contributed by atoms with van der Waals surface area (Å²) in [6.45, 7) is 4.83. The van der Waals surface area contributed by atoms with Gasteiger partial charge in [0.15, 0.2) is 12.4 Å². The predicted molar refractivity (Wildman–Crippen MR) is 90.2 cm³/mol. The first-order valence-electron chi connectivity index (χ1n) is 7.49. The monoisotopic (exact) mass is 328 g/mol. The highest BCUT2D eigenvalue weighted by molar-refractivity contribution is 5.99. The molecular formula is C18H20N2O4. The molecule has 0 bridgehead atoms. The average molecular weight is 328 g/mol. The number of ether oxygens (including phenoxy) is 1. The number of ketones is 1. The lowest BCUT2D eigenvalue weighted by Crippen LogP contribution is -2.22. The second-order valence-corrected chi connectivity index (χ2v) is 5.72. The Morgan fingerprint density at radius 1 is 1.17 bits per heavy atom. The molecule has 0 aliphatic rings. The maximum Gasteiger partial charge on any atom is 0.355 e. The fraction of sp³-hybridized carbons (Fsp3) is 0.278. The highest BCUT2D eigenvalue weighted by atomic mass is 16.5. The number of anilines is 1. The molecule has 126 valence electrons. The molecular weight excluding hydrogens is 308 g/mol. The molecule has 0 aliphatic carbocycles. The minimum Gasteiger partial charge on any atom is -0.451 e. The summed E-state index contributed by atoms with van der Waals surface area (Å²) in [6, 6.07) is 7.16. The van der Waals surface area contributed by atoms with Gasteiger partial charge in [0.1, 0.15) is 5.69 Å². The Bertz CT molecular complexity index is 805. The number of nitrogens with zero attached hydrogens (tertiary/aromatic N) is 1. The van der Waals surface area contributed by atoms with E-state index in [1.807, 2.05) is 32.0 Å². The first-order chi connectivity index (χ1) is 11.3. The predicted octanol–water partition coefficient (Wildman–Crippen LogP) is 2.64. The van der Waals surface area contributed by atoms with E-state index in [0.717, 1.165) is 11.1 Å². The molecule has 0 fully saturated rings. The Morgan fingerprint density at radius 2 is 1.88 bits per heavy atom. The number of carbonyl (C=O) groups excluding carboxylic acids is 3. The second kappa shape index (κ2) is 7.12. The van der Waals surface area contributed by atoms with Crippen molar-refractivity contribution in [1.82, 2.24) is 4.57 Å². The van der Waals surface area contributed by atoms with Crippen molar-refractivity contribution in [1.29, 1.82) is 0 Å². The fourth-order valence-corrected chi connectivity index (χ4v) is 2.22. The lowest BCUT2D eigenvalue weighted by Gasteiger charge is -2.10. The molecule has 0 unspecified atom stereocenters. The van der Waals surface area contributed by atoms with Gasteiger partial charge in [0.05, 0.1) is 0 Å². The van der Waals surface area contributed by atoms with Gasteiger partial charge in [-0.2, -0.15) is 0 Å². The average Bonchev–Trinajstić information content (AvgIpc) is 2.91. The molecule has 2 aromatic rings. The van der Waals surface area contributed by atoms with Crippen LogP contribution in [-0.2, 0) is 16.6 Å². The summed E-state index contributed by atoms with van der Waals surface area (Å²) < 4.78 is 6.52. The first-order valence-corrected chi connectivity index (χ1v) is 7.49. The topological polar surface area (TPSA) is 77.4 Å². The van der Waals surface area contributed by atoms with Crippen molar-refractivity contribution in [2.24, 2.45) is 7.05 Å². The molecule has 0 saturated heterocycles.